The van der Waals surface area contributed by atoms with Crippen LogP contribution in [0.2, 0.25) is 0 Å². The number of methoxy groups -OCH3 is 1. The Labute approximate surface area is 122 Å². The first-order valence-electron chi connectivity index (χ1n) is 6.35. The summed E-state index contributed by atoms with van der Waals surface area (Å²) in [5, 5.41) is 2.36. The van der Waals surface area contributed by atoms with Gasteiger partial charge >= 0.3 is 5.97 Å². The monoisotopic (exact) mass is 291 g/mol. The number of ether oxygens (including phenoxy) is 2. The molecule has 2 rings (SSSR count). The Morgan fingerprint density at radius 3 is 2.60 bits per heavy atom. The second kappa shape index (κ2) is 6.43. The van der Waals surface area contributed by atoms with Crippen LogP contribution < -0.4 is 10.5 Å². The molecule has 4 nitrogen and oxygen atoms in total. The fourth-order valence-corrected chi connectivity index (χ4v) is 2.64. The summed E-state index contributed by atoms with van der Waals surface area (Å²) in [4.78, 5) is 12.1. The summed E-state index contributed by atoms with van der Waals surface area (Å²) in [5.41, 5.74) is 8.07. The Hall–Kier alpha value is -2.01. The first kappa shape index (κ1) is 14.4. The van der Waals surface area contributed by atoms with Crippen molar-refractivity contribution in [1.29, 1.82) is 0 Å². The van der Waals surface area contributed by atoms with Gasteiger partial charge in [-0.2, -0.15) is 0 Å². The van der Waals surface area contributed by atoms with Crippen LogP contribution in [0.1, 0.15) is 23.7 Å². The molecule has 1 heterocycles. The van der Waals surface area contributed by atoms with Gasteiger partial charge in [0.1, 0.15) is 16.3 Å². The number of carbonyl (C=O) groups excluding carboxylic acids is 1. The van der Waals surface area contributed by atoms with Gasteiger partial charge in [0.25, 0.3) is 0 Å². The number of hydrogen-bond donors (Lipinski definition) is 1. The molecular formula is C15H17NO3S. The van der Waals surface area contributed by atoms with Gasteiger partial charge in [-0.3, -0.25) is 0 Å². The molecule has 20 heavy (non-hydrogen) atoms. The molecule has 0 atom stereocenters. The predicted octanol–water partition coefficient (Wildman–Crippen LogP) is 3.57. The molecule has 0 amide bonds. The van der Waals surface area contributed by atoms with E-state index < -0.39 is 0 Å². The van der Waals surface area contributed by atoms with Gasteiger partial charge in [-0.15, -0.1) is 11.3 Å². The Kier molecular flexibility index (Phi) is 4.63. The molecule has 0 saturated heterocycles. The number of hydrogen-bond acceptors (Lipinski definition) is 5. The first-order valence-corrected chi connectivity index (χ1v) is 7.23. The lowest BCUT2D eigenvalue weighted by molar-refractivity contribution is 0.0508. The minimum atomic E-state index is -0.364. The fraction of sp³-hybridized carbons (Fsp3) is 0.267. The molecule has 0 fully saturated rings. The molecule has 0 unspecified atom stereocenters. The van der Waals surface area contributed by atoms with Crippen molar-refractivity contribution in [1.82, 2.24) is 0 Å². The van der Waals surface area contributed by atoms with Gasteiger partial charge in [-0.1, -0.05) is 19.1 Å². The molecule has 0 radical (unpaired) electrons. The molecule has 1 aromatic heterocycles. The van der Waals surface area contributed by atoms with Crippen LogP contribution in [0.25, 0.3) is 11.1 Å². The third kappa shape index (κ3) is 2.93. The SMILES string of the molecule is CCCOC(=O)c1c(-c2ccc(OC)cc2)csc1N. The van der Waals surface area contributed by atoms with Crippen molar-refractivity contribution in [2.75, 3.05) is 19.5 Å². The third-order valence-electron chi connectivity index (χ3n) is 2.86. The van der Waals surface area contributed by atoms with Gasteiger partial charge in [-0.25, -0.2) is 4.79 Å². The molecule has 1 aromatic carbocycles. The smallest absolute Gasteiger partial charge is 0.341 e. The van der Waals surface area contributed by atoms with Crippen LogP contribution >= 0.6 is 11.3 Å². The van der Waals surface area contributed by atoms with Crippen LogP contribution in [0.5, 0.6) is 5.75 Å². The summed E-state index contributed by atoms with van der Waals surface area (Å²) >= 11 is 1.34. The number of nitrogen functional groups attached to an aromatic ring is 1. The Morgan fingerprint density at radius 2 is 2.00 bits per heavy atom. The van der Waals surface area contributed by atoms with Gasteiger partial charge in [0, 0.05) is 10.9 Å². The summed E-state index contributed by atoms with van der Waals surface area (Å²) in [6.07, 6.45) is 0.785. The Bertz CT molecular complexity index is 590. The lowest BCUT2D eigenvalue weighted by Crippen LogP contribution is -2.08. The number of anilines is 1. The van der Waals surface area contributed by atoms with Crippen molar-refractivity contribution in [2.24, 2.45) is 0 Å². The van der Waals surface area contributed by atoms with Crippen molar-refractivity contribution < 1.29 is 14.3 Å². The standard InChI is InChI=1S/C15H17NO3S/c1-3-8-19-15(17)13-12(9-20-14(13)16)10-4-6-11(18-2)7-5-10/h4-7,9H,3,8,16H2,1-2H3. The number of benzene rings is 1. The van der Waals surface area contributed by atoms with Crippen LogP contribution in [-0.2, 0) is 4.74 Å². The van der Waals surface area contributed by atoms with E-state index >= 15 is 0 Å². The highest BCUT2D eigenvalue weighted by atomic mass is 32.1. The van der Waals surface area contributed by atoms with Crippen molar-refractivity contribution in [2.45, 2.75) is 13.3 Å². The zero-order valence-corrected chi connectivity index (χ0v) is 12.3. The summed E-state index contributed by atoms with van der Waals surface area (Å²) in [6.45, 7) is 2.35. The highest BCUT2D eigenvalue weighted by molar-refractivity contribution is 7.14. The van der Waals surface area contributed by atoms with Crippen molar-refractivity contribution in [3.63, 3.8) is 0 Å². The van der Waals surface area contributed by atoms with Gasteiger partial charge in [-0.05, 0) is 24.1 Å². The quantitative estimate of drug-likeness (QED) is 0.855. The summed E-state index contributed by atoms with van der Waals surface area (Å²) in [6, 6.07) is 7.50. The number of carbonyl (C=O) groups is 1. The maximum Gasteiger partial charge on any atom is 0.341 e. The molecule has 5 heteroatoms. The highest BCUT2D eigenvalue weighted by Gasteiger charge is 2.19. The normalized spacial score (nSPS) is 10.3. The molecular weight excluding hydrogens is 274 g/mol. The molecule has 0 aliphatic rings. The van der Waals surface area contributed by atoms with E-state index in [1.165, 1.54) is 11.3 Å². The molecule has 0 bridgehead atoms. The fourth-order valence-electron chi connectivity index (χ4n) is 1.83. The van der Waals surface area contributed by atoms with E-state index in [1.807, 2.05) is 36.6 Å². The van der Waals surface area contributed by atoms with Crippen LogP contribution in [0, 0.1) is 0 Å². The lowest BCUT2D eigenvalue weighted by atomic mass is 10.0. The molecule has 106 valence electrons. The van der Waals surface area contributed by atoms with Gasteiger partial charge in [0.2, 0.25) is 0 Å². The van der Waals surface area contributed by atoms with E-state index in [1.54, 1.807) is 7.11 Å². The topological polar surface area (TPSA) is 61.5 Å². The Balaban J connectivity index is 2.34. The van der Waals surface area contributed by atoms with E-state index in [0.29, 0.717) is 17.2 Å². The molecule has 0 aliphatic heterocycles. The van der Waals surface area contributed by atoms with Crippen LogP contribution in [-0.4, -0.2) is 19.7 Å². The minimum absolute atomic E-state index is 0.364. The number of nitrogens with two attached hydrogens (primary N) is 1. The van der Waals surface area contributed by atoms with Gasteiger partial charge < -0.3 is 15.2 Å². The lowest BCUT2D eigenvalue weighted by Gasteiger charge is -2.07. The van der Waals surface area contributed by atoms with E-state index in [-0.39, 0.29) is 5.97 Å². The maximum atomic E-state index is 12.1. The molecule has 2 aromatic rings. The van der Waals surface area contributed by atoms with Crippen LogP contribution in [0.15, 0.2) is 29.6 Å². The van der Waals surface area contributed by atoms with Crippen LogP contribution in [0.3, 0.4) is 0 Å². The maximum absolute atomic E-state index is 12.1. The van der Waals surface area contributed by atoms with E-state index in [0.717, 1.165) is 23.3 Å². The minimum Gasteiger partial charge on any atom is -0.497 e. The van der Waals surface area contributed by atoms with E-state index in [9.17, 15) is 4.79 Å². The van der Waals surface area contributed by atoms with Gasteiger partial charge in [0.05, 0.1) is 13.7 Å². The second-order valence-corrected chi connectivity index (χ2v) is 5.16. The molecule has 0 saturated carbocycles. The van der Waals surface area contributed by atoms with Crippen molar-refractivity contribution >= 4 is 22.3 Å². The summed E-state index contributed by atoms with van der Waals surface area (Å²) < 4.78 is 10.3. The number of esters is 1. The number of thiophene rings is 1. The third-order valence-corrected chi connectivity index (χ3v) is 3.67. The van der Waals surface area contributed by atoms with Gasteiger partial charge in [0.15, 0.2) is 0 Å². The molecule has 2 N–H and O–H groups in total. The summed E-state index contributed by atoms with van der Waals surface area (Å²) in [5.74, 6) is 0.406. The summed E-state index contributed by atoms with van der Waals surface area (Å²) in [7, 11) is 1.62. The Morgan fingerprint density at radius 1 is 1.30 bits per heavy atom. The van der Waals surface area contributed by atoms with Crippen molar-refractivity contribution in [3.05, 3.63) is 35.2 Å². The van der Waals surface area contributed by atoms with Crippen LogP contribution in [0.4, 0.5) is 5.00 Å². The van der Waals surface area contributed by atoms with E-state index in [4.69, 9.17) is 15.2 Å². The second-order valence-electron chi connectivity index (χ2n) is 4.25. The largest absolute Gasteiger partial charge is 0.497 e. The highest BCUT2D eigenvalue weighted by Crippen LogP contribution is 2.34. The molecule has 0 aliphatic carbocycles. The average molecular weight is 291 g/mol. The first-order chi connectivity index (χ1) is 9.67. The number of rotatable bonds is 5. The zero-order valence-electron chi connectivity index (χ0n) is 11.5. The molecule has 0 spiro atoms. The average Bonchev–Trinajstić information content (AvgIpc) is 2.86. The predicted molar refractivity (Wildman–Crippen MR) is 81.3 cm³/mol. The van der Waals surface area contributed by atoms with E-state index in [2.05, 4.69) is 0 Å². The van der Waals surface area contributed by atoms with Crippen molar-refractivity contribution in [3.8, 4) is 16.9 Å². The zero-order chi connectivity index (χ0) is 14.5.